The summed E-state index contributed by atoms with van der Waals surface area (Å²) < 4.78 is 1.85. The smallest absolute Gasteiger partial charge is 0.203 e. The Kier molecular flexibility index (Phi) is 2.03. The maximum absolute atomic E-state index is 5.80. The Morgan fingerprint density at radius 1 is 1.50 bits per heavy atom. The van der Waals surface area contributed by atoms with Gasteiger partial charge in [-0.15, -0.1) is 10.2 Å². The lowest BCUT2D eigenvalue weighted by atomic mass is 9.77. The molecule has 6 heteroatoms. The highest BCUT2D eigenvalue weighted by Gasteiger charge is 2.36. The van der Waals surface area contributed by atoms with Crippen LogP contribution in [0.4, 0.5) is 5.82 Å². The topological polar surface area (TPSA) is 81.1 Å². The van der Waals surface area contributed by atoms with Crippen molar-refractivity contribution in [2.24, 2.45) is 5.73 Å². The van der Waals surface area contributed by atoms with E-state index in [2.05, 4.69) is 20.5 Å². The van der Waals surface area contributed by atoms with E-state index in [0.717, 1.165) is 24.3 Å². The minimum atomic E-state index is 0.0147. The standard InChI is InChI=1S/C10H14N6/c11-6-10(2-1-3-10)14-8-9-15-13-7-16(9)5-4-12-8/h4-5,7H,1-3,6,11H2,(H,12,14). The Morgan fingerprint density at radius 2 is 2.38 bits per heavy atom. The average molecular weight is 218 g/mol. The van der Waals surface area contributed by atoms with Gasteiger partial charge < -0.3 is 11.1 Å². The Morgan fingerprint density at radius 3 is 3.06 bits per heavy atom. The van der Waals surface area contributed by atoms with Crippen LogP contribution in [0.25, 0.3) is 5.65 Å². The third-order valence-electron chi connectivity index (χ3n) is 3.30. The second-order valence-electron chi connectivity index (χ2n) is 4.30. The van der Waals surface area contributed by atoms with Crippen LogP contribution in [0.3, 0.4) is 0 Å². The number of nitrogens with one attached hydrogen (secondary N) is 1. The van der Waals surface area contributed by atoms with Gasteiger partial charge in [0.2, 0.25) is 5.65 Å². The van der Waals surface area contributed by atoms with Crippen molar-refractivity contribution in [3.63, 3.8) is 0 Å². The van der Waals surface area contributed by atoms with Gasteiger partial charge in [-0.1, -0.05) is 0 Å². The van der Waals surface area contributed by atoms with Crippen molar-refractivity contribution in [3.8, 4) is 0 Å². The highest BCUT2D eigenvalue weighted by atomic mass is 15.3. The molecule has 2 aromatic rings. The van der Waals surface area contributed by atoms with Crippen molar-refractivity contribution in [3.05, 3.63) is 18.7 Å². The molecule has 0 atom stereocenters. The zero-order chi connectivity index (χ0) is 11.0. The number of hydrogen-bond donors (Lipinski definition) is 2. The molecule has 0 spiro atoms. The predicted molar refractivity (Wildman–Crippen MR) is 60.0 cm³/mol. The maximum atomic E-state index is 5.80. The lowest BCUT2D eigenvalue weighted by Gasteiger charge is -2.41. The van der Waals surface area contributed by atoms with E-state index in [4.69, 9.17) is 5.73 Å². The molecule has 0 aromatic carbocycles. The fraction of sp³-hybridized carbons (Fsp3) is 0.500. The minimum Gasteiger partial charge on any atom is -0.360 e. The maximum Gasteiger partial charge on any atom is 0.203 e. The molecule has 3 rings (SSSR count). The van der Waals surface area contributed by atoms with E-state index in [-0.39, 0.29) is 5.54 Å². The van der Waals surface area contributed by atoms with E-state index in [1.807, 2.05) is 10.6 Å². The Hall–Kier alpha value is -1.69. The number of anilines is 1. The van der Waals surface area contributed by atoms with Crippen LogP contribution in [-0.2, 0) is 0 Å². The molecule has 0 bridgehead atoms. The van der Waals surface area contributed by atoms with Crippen molar-refractivity contribution < 1.29 is 0 Å². The fourth-order valence-electron chi connectivity index (χ4n) is 2.08. The summed E-state index contributed by atoms with van der Waals surface area (Å²) in [6.45, 7) is 0.629. The second kappa shape index (κ2) is 3.41. The number of nitrogens with two attached hydrogens (primary N) is 1. The minimum absolute atomic E-state index is 0.0147. The van der Waals surface area contributed by atoms with Crippen LogP contribution in [0.15, 0.2) is 18.7 Å². The van der Waals surface area contributed by atoms with E-state index in [1.165, 1.54) is 6.42 Å². The summed E-state index contributed by atoms with van der Waals surface area (Å²) in [5, 5.41) is 11.3. The summed E-state index contributed by atoms with van der Waals surface area (Å²) in [7, 11) is 0. The number of fused-ring (bicyclic) bond motifs is 1. The third kappa shape index (κ3) is 1.34. The van der Waals surface area contributed by atoms with Gasteiger partial charge in [0.15, 0.2) is 5.82 Å². The van der Waals surface area contributed by atoms with Gasteiger partial charge in [0.05, 0.1) is 5.54 Å². The average Bonchev–Trinajstić information content (AvgIpc) is 2.72. The summed E-state index contributed by atoms with van der Waals surface area (Å²) in [4.78, 5) is 4.30. The van der Waals surface area contributed by atoms with Crippen LogP contribution < -0.4 is 11.1 Å². The molecular weight excluding hydrogens is 204 g/mol. The van der Waals surface area contributed by atoms with Gasteiger partial charge in [-0.2, -0.15) is 0 Å². The third-order valence-corrected chi connectivity index (χ3v) is 3.30. The lowest BCUT2D eigenvalue weighted by molar-refractivity contribution is 0.286. The van der Waals surface area contributed by atoms with Crippen LogP contribution in [0.5, 0.6) is 0 Å². The summed E-state index contributed by atoms with van der Waals surface area (Å²) in [6.07, 6.45) is 8.65. The van der Waals surface area contributed by atoms with Crippen molar-refractivity contribution >= 4 is 11.5 Å². The molecular formula is C10H14N6. The monoisotopic (exact) mass is 218 g/mol. The molecule has 84 valence electrons. The van der Waals surface area contributed by atoms with Crippen LogP contribution in [0, 0.1) is 0 Å². The number of nitrogens with zero attached hydrogens (tertiary/aromatic N) is 4. The SMILES string of the molecule is NCC1(Nc2nccn3cnnc23)CCC1. The molecule has 0 saturated heterocycles. The van der Waals surface area contributed by atoms with E-state index in [1.54, 1.807) is 12.5 Å². The Labute approximate surface area is 92.9 Å². The molecule has 1 aliphatic rings. The quantitative estimate of drug-likeness (QED) is 0.780. The highest BCUT2D eigenvalue weighted by Crippen LogP contribution is 2.34. The van der Waals surface area contributed by atoms with E-state index < -0.39 is 0 Å². The molecule has 2 heterocycles. The largest absolute Gasteiger partial charge is 0.360 e. The number of hydrogen-bond acceptors (Lipinski definition) is 5. The van der Waals surface area contributed by atoms with Gasteiger partial charge in [0.25, 0.3) is 0 Å². The highest BCUT2D eigenvalue weighted by molar-refractivity contribution is 5.62. The zero-order valence-electron chi connectivity index (χ0n) is 8.93. The molecule has 1 aliphatic carbocycles. The predicted octanol–water partition coefficient (Wildman–Crippen LogP) is 0.418. The lowest BCUT2D eigenvalue weighted by Crippen LogP contribution is -2.51. The summed E-state index contributed by atoms with van der Waals surface area (Å²) >= 11 is 0. The summed E-state index contributed by atoms with van der Waals surface area (Å²) in [5.74, 6) is 0.769. The first-order valence-corrected chi connectivity index (χ1v) is 5.46. The molecule has 2 aromatic heterocycles. The van der Waals surface area contributed by atoms with E-state index in [0.29, 0.717) is 6.54 Å². The first-order valence-electron chi connectivity index (χ1n) is 5.46. The molecule has 1 fully saturated rings. The first-order chi connectivity index (χ1) is 7.83. The molecule has 0 aliphatic heterocycles. The van der Waals surface area contributed by atoms with Gasteiger partial charge in [-0.05, 0) is 19.3 Å². The van der Waals surface area contributed by atoms with Crippen LogP contribution in [-0.4, -0.2) is 31.7 Å². The molecule has 3 N–H and O–H groups in total. The Balaban J connectivity index is 1.96. The van der Waals surface area contributed by atoms with Gasteiger partial charge in [0.1, 0.15) is 6.33 Å². The molecule has 6 nitrogen and oxygen atoms in total. The molecule has 16 heavy (non-hydrogen) atoms. The fourth-order valence-corrected chi connectivity index (χ4v) is 2.08. The normalized spacial score (nSPS) is 18.3. The Bertz CT molecular complexity index is 495. The van der Waals surface area contributed by atoms with Crippen LogP contribution in [0.1, 0.15) is 19.3 Å². The van der Waals surface area contributed by atoms with Crippen molar-refractivity contribution in [1.82, 2.24) is 19.6 Å². The molecule has 1 saturated carbocycles. The first kappa shape index (κ1) is 9.53. The van der Waals surface area contributed by atoms with Gasteiger partial charge in [-0.25, -0.2) is 4.98 Å². The van der Waals surface area contributed by atoms with Crippen LogP contribution in [0.2, 0.25) is 0 Å². The van der Waals surface area contributed by atoms with Crippen LogP contribution >= 0.6 is 0 Å². The van der Waals surface area contributed by atoms with Gasteiger partial charge >= 0.3 is 0 Å². The number of aromatic nitrogens is 4. The molecule has 0 unspecified atom stereocenters. The molecule has 0 amide bonds. The van der Waals surface area contributed by atoms with E-state index >= 15 is 0 Å². The second-order valence-corrected chi connectivity index (χ2v) is 4.30. The van der Waals surface area contributed by atoms with Gasteiger partial charge in [-0.3, -0.25) is 4.40 Å². The van der Waals surface area contributed by atoms with Crippen molar-refractivity contribution in [2.75, 3.05) is 11.9 Å². The van der Waals surface area contributed by atoms with E-state index in [9.17, 15) is 0 Å². The molecule has 0 radical (unpaired) electrons. The zero-order valence-corrected chi connectivity index (χ0v) is 8.93. The number of rotatable bonds is 3. The summed E-state index contributed by atoms with van der Waals surface area (Å²) in [6, 6.07) is 0. The summed E-state index contributed by atoms with van der Waals surface area (Å²) in [5.41, 5.74) is 6.57. The van der Waals surface area contributed by atoms with Crippen molar-refractivity contribution in [1.29, 1.82) is 0 Å². The van der Waals surface area contributed by atoms with Crippen molar-refractivity contribution in [2.45, 2.75) is 24.8 Å². The van der Waals surface area contributed by atoms with Gasteiger partial charge in [0, 0.05) is 18.9 Å².